The molecule has 2 N–H and O–H groups in total. The number of carbonyl (C=O) groups is 1. The van der Waals surface area contributed by atoms with Crippen LogP contribution in [0.15, 0.2) is 48.1 Å². The van der Waals surface area contributed by atoms with Crippen LogP contribution in [0.5, 0.6) is 0 Å². The summed E-state index contributed by atoms with van der Waals surface area (Å²) in [4.78, 5) is 20.4. The number of carbonyl (C=O) groups excluding carboxylic acids is 1. The molecule has 0 unspecified atom stereocenters. The third kappa shape index (κ3) is 5.65. The second-order valence-electron chi connectivity index (χ2n) is 7.11. The molecule has 1 heterocycles. The van der Waals surface area contributed by atoms with Gasteiger partial charge in [-0.2, -0.15) is 0 Å². The predicted molar refractivity (Wildman–Crippen MR) is 107 cm³/mol. The fraction of sp³-hybridized carbons (Fsp3) is 0.400. The maximum absolute atomic E-state index is 12.1. The highest BCUT2D eigenvalue weighted by Crippen LogP contribution is 2.21. The molecule has 1 saturated heterocycles. The van der Waals surface area contributed by atoms with Gasteiger partial charge in [-0.05, 0) is 50.7 Å². The Kier molecular flexibility index (Phi) is 6.44. The highest BCUT2D eigenvalue weighted by atomic mass is 16.6. The van der Waals surface area contributed by atoms with E-state index in [1.54, 1.807) is 17.2 Å². The van der Waals surface area contributed by atoms with E-state index in [0.29, 0.717) is 18.8 Å². The van der Waals surface area contributed by atoms with Gasteiger partial charge in [0.1, 0.15) is 5.60 Å². The van der Waals surface area contributed by atoms with Gasteiger partial charge in [0.15, 0.2) is 0 Å². The molecule has 140 valence electrons. The van der Waals surface area contributed by atoms with Gasteiger partial charge >= 0.3 is 6.09 Å². The lowest BCUT2D eigenvalue weighted by Gasteiger charge is -2.36. The fourth-order valence-corrected chi connectivity index (χ4v) is 2.60. The number of nitrogens with zero attached hydrogens (tertiary/aromatic N) is 3. The van der Waals surface area contributed by atoms with Crippen molar-refractivity contribution < 1.29 is 9.53 Å². The zero-order chi connectivity index (χ0) is 19.2. The number of rotatable bonds is 4. The Morgan fingerprint density at radius 2 is 1.81 bits per heavy atom. The van der Waals surface area contributed by atoms with E-state index in [9.17, 15) is 4.79 Å². The number of hydrogen-bond acceptors (Lipinski definition) is 5. The molecule has 2 rings (SSSR count). The zero-order valence-corrected chi connectivity index (χ0v) is 15.8. The van der Waals surface area contributed by atoms with E-state index < -0.39 is 5.60 Å². The van der Waals surface area contributed by atoms with Crippen LogP contribution in [-0.4, -0.2) is 49.0 Å². The summed E-state index contributed by atoms with van der Waals surface area (Å²) in [6, 6.07) is 8.11. The van der Waals surface area contributed by atoms with Crippen LogP contribution < -0.4 is 10.6 Å². The number of nitrogens with two attached hydrogens (primary N) is 1. The number of aliphatic imine (C=N–C) groups is 1. The van der Waals surface area contributed by atoms with Crippen LogP contribution in [0, 0.1) is 0 Å². The summed E-state index contributed by atoms with van der Waals surface area (Å²) >= 11 is 0. The fourth-order valence-electron chi connectivity index (χ4n) is 2.60. The number of amides is 1. The first-order valence-electron chi connectivity index (χ1n) is 8.73. The Hall–Kier alpha value is -2.76. The topological polar surface area (TPSA) is 71.2 Å². The van der Waals surface area contributed by atoms with Crippen molar-refractivity contribution in [1.29, 1.82) is 0 Å². The summed E-state index contributed by atoms with van der Waals surface area (Å²) < 4.78 is 5.43. The highest BCUT2D eigenvalue weighted by molar-refractivity contribution is 5.79. The summed E-state index contributed by atoms with van der Waals surface area (Å²) in [5.41, 5.74) is 7.58. The first-order chi connectivity index (χ1) is 12.3. The molecule has 0 saturated carbocycles. The van der Waals surface area contributed by atoms with Crippen molar-refractivity contribution in [1.82, 2.24) is 4.90 Å². The van der Waals surface area contributed by atoms with Crippen molar-refractivity contribution in [2.75, 3.05) is 31.1 Å². The highest BCUT2D eigenvalue weighted by Gasteiger charge is 2.25. The number of anilines is 1. The van der Waals surface area contributed by atoms with Crippen molar-refractivity contribution >= 4 is 23.7 Å². The predicted octanol–water partition coefficient (Wildman–Crippen LogP) is 3.26. The molecule has 0 atom stereocenters. The Balaban J connectivity index is 1.91. The molecule has 1 amide bonds. The number of benzene rings is 1. The summed E-state index contributed by atoms with van der Waals surface area (Å²) in [6.45, 7) is 12.5. The number of allylic oxidation sites excluding steroid dienone is 1. The van der Waals surface area contributed by atoms with E-state index in [2.05, 4.69) is 28.6 Å². The molecule has 0 spiro atoms. The van der Waals surface area contributed by atoms with Crippen molar-refractivity contribution in [3.63, 3.8) is 0 Å². The van der Waals surface area contributed by atoms with E-state index in [0.717, 1.165) is 24.3 Å². The Morgan fingerprint density at radius 3 is 2.35 bits per heavy atom. The molecule has 0 aliphatic carbocycles. The molecule has 1 aliphatic rings. The Morgan fingerprint density at radius 1 is 1.19 bits per heavy atom. The summed E-state index contributed by atoms with van der Waals surface area (Å²) in [5.74, 6) is 0. The molecule has 6 nitrogen and oxygen atoms in total. The third-order valence-corrected chi connectivity index (χ3v) is 3.92. The summed E-state index contributed by atoms with van der Waals surface area (Å²) in [7, 11) is 0. The van der Waals surface area contributed by atoms with E-state index in [4.69, 9.17) is 10.5 Å². The molecule has 0 bridgehead atoms. The maximum atomic E-state index is 12.1. The van der Waals surface area contributed by atoms with Crippen molar-refractivity contribution in [3.05, 3.63) is 48.7 Å². The van der Waals surface area contributed by atoms with Gasteiger partial charge in [-0.25, -0.2) is 4.79 Å². The van der Waals surface area contributed by atoms with E-state index in [1.807, 2.05) is 32.9 Å². The monoisotopic (exact) mass is 356 g/mol. The smallest absolute Gasteiger partial charge is 0.410 e. The van der Waals surface area contributed by atoms with Crippen molar-refractivity contribution in [2.45, 2.75) is 26.4 Å². The van der Waals surface area contributed by atoms with Gasteiger partial charge in [-0.15, -0.1) is 0 Å². The second kappa shape index (κ2) is 8.56. The van der Waals surface area contributed by atoms with E-state index in [1.165, 1.54) is 6.20 Å². The normalized spacial score (nSPS) is 15.7. The van der Waals surface area contributed by atoms with Gasteiger partial charge in [0.2, 0.25) is 0 Å². The molecule has 1 aromatic carbocycles. The molecule has 1 aliphatic heterocycles. The lowest BCUT2D eigenvalue weighted by Crippen LogP contribution is -2.50. The minimum atomic E-state index is -0.463. The van der Waals surface area contributed by atoms with Crippen LogP contribution in [0.25, 0.3) is 5.70 Å². The van der Waals surface area contributed by atoms with Crippen LogP contribution in [0.2, 0.25) is 0 Å². The molecule has 0 aromatic heterocycles. The van der Waals surface area contributed by atoms with Crippen molar-refractivity contribution in [3.8, 4) is 0 Å². The standard InChI is InChI=1S/C20H28N4O2/c1-16(22-11-5-10-21)17-6-8-18(9-7-17)23-12-14-24(15-13-23)19(25)26-20(2,3)4/h5-11H,1,12-15,21H2,2-4H3/b10-5-,22-11?. The third-order valence-electron chi connectivity index (χ3n) is 3.92. The minimum Gasteiger partial charge on any atom is -0.444 e. The maximum Gasteiger partial charge on any atom is 0.410 e. The number of piperazine rings is 1. The molecule has 6 heteroatoms. The van der Waals surface area contributed by atoms with Crippen LogP contribution >= 0.6 is 0 Å². The van der Waals surface area contributed by atoms with Crippen LogP contribution in [0.4, 0.5) is 10.5 Å². The first kappa shape index (κ1) is 19.6. The van der Waals surface area contributed by atoms with Crippen LogP contribution in [-0.2, 0) is 4.74 Å². The quantitative estimate of drug-likeness (QED) is 0.841. The minimum absolute atomic E-state index is 0.242. The van der Waals surface area contributed by atoms with Gasteiger partial charge in [0.05, 0.1) is 5.70 Å². The lowest BCUT2D eigenvalue weighted by atomic mass is 10.1. The number of ether oxygens (including phenoxy) is 1. The molecule has 1 fully saturated rings. The van der Waals surface area contributed by atoms with Gasteiger partial charge in [-0.3, -0.25) is 4.99 Å². The molecular formula is C20H28N4O2. The lowest BCUT2D eigenvalue weighted by molar-refractivity contribution is 0.0240. The molecular weight excluding hydrogens is 328 g/mol. The molecule has 1 aromatic rings. The first-order valence-corrected chi connectivity index (χ1v) is 8.73. The van der Waals surface area contributed by atoms with Crippen LogP contribution in [0.1, 0.15) is 26.3 Å². The summed E-state index contributed by atoms with van der Waals surface area (Å²) in [6.07, 6.45) is 4.46. The number of hydrogen-bond donors (Lipinski definition) is 1. The van der Waals surface area contributed by atoms with Gasteiger partial charge < -0.3 is 20.3 Å². The SMILES string of the molecule is C=C(N=C/C=C\N)c1ccc(N2CCN(C(=O)OC(C)(C)C)CC2)cc1. The second-order valence-corrected chi connectivity index (χ2v) is 7.11. The average Bonchev–Trinajstić information content (AvgIpc) is 2.61. The van der Waals surface area contributed by atoms with E-state index in [-0.39, 0.29) is 6.09 Å². The Bertz CT molecular complexity index is 679. The van der Waals surface area contributed by atoms with Crippen LogP contribution in [0.3, 0.4) is 0 Å². The van der Waals surface area contributed by atoms with Gasteiger partial charge in [0.25, 0.3) is 0 Å². The molecule has 0 radical (unpaired) electrons. The van der Waals surface area contributed by atoms with Crippen molar-refractivity contribution in [2.24, 2.45) is 10.7 Å². The Labute approximate surface area is 155 Å². The van der Waals surface area contributed by atoms with Gasteiger partial charge in [-0.1, -0.05) is 18.7 Å². The van der Waals surface area contributed by atoms with E-state index >= 15 is 0 Å². The average molecular weight is 356 g/mol. The van der Waals surface area contributed by atoms with Gasteiger partial charge in [0, 0.05) is 38.1 Å². The zero-order valence-electron chi connectivity index (χ0n) is 15.8. The molecule has 26 heavy (non-hydrogen) atoms. The summed E-state index contributed by atoms with van der Waals surface area (Å²) in [5, 5.41) is 0. The largest absolute Gasteiger partial charge is 0.444 e.